The van der Waals surface area contributed by atoms with Gasteiger partial charge in [0.15, 0.2) is 0 Å². The number of phenols is 1. The number of hydrogen-bond acceptors (Lipinski definition) is 5. The zero-order valence-electron chi connectivity index (χ0n) is 12.9. The summed E-state index contributed by atoms with van der Waals surface area (Å²) in [7, 11) is -4.31. The molecule has 0 aliphatic rings. The van der Waals surface area contributed by atoms with Crippen LogP contribution < -0.4 is 4.74 Å². The Hall–Kier alpha value is -2.74. The van der Waals surface area contributed by atoms with Crippen LogP contribution in [0.5, 0.6) is 11.5 Å². The molecule has 2 aromatic carbocycles. The van der Waals surface area contributed by atoms with Crippen molar-refractivity contribution in [3.8, 4) is 11.5 Å². The molecule has 0 unspecified atom stereocenters. The minimum absolute atomic E-state index is 0.132. The summed E-state index contributed by atoms with van der Waals surface area (Å²) in [4.78, 5) is 11.1. The summed E-state index contributed by atoms with van der Waals surface area (Å²) in [6, 6.07) is 12.4. The molecule has 7 nitrogen and oxygen atoms in total. The quantitative estimate of drug-likeness (QED) is 0.828. The van der Waals surface area contributed by atoms with Crippen molar-refractivity contribution in [2.75, 3.05) is 13.2 Å². The van der Waals surface area contributed by atoms with Gasteiger partial charge >= 0.3 is 6.09 Å². The maximum absolute atomic E-state index is 12.6. The predicted molar refractivity (Wildman–Crippen MR) is 86.7 cm³/mol. The van der Waals surface area contributed by atoms with Gasteiger partial charge in [0.1, 0.15) is 18.1 Å². The number of sulfonamides is 1. The van der Waals surface area contributed by atoms with Crippen LogP contribution in [0.3, 0.4) is 0 Å². The van der Waals surface area contributed by atoms with Gasteiger partial charge in [-0.15, -0.1) is 0 Å². The van der Waals surface area contributed by atoms with Crippen LogP contribution >= 0.6 is 0 Å². The molecule has 0 spiro atoms. The van der Waals surface area contributed by atoms with Crippen LogP contribution in [0.2, 0.25) is 0 Å². The molecule has 0 saturated carbocycles. The highest BCUT2D eigenvalue weighted by Gasteiger charge is 2.30. The van der Waals surface area contributed by atoms with Gasteiger partial charge in [0.2, 0.25) is 0 Å². The third-order valence-electron chi connectivity index (χ3n) is 3.26. The second kappa shape index (κ2) is 7.22. The number of phenolic OH excluding ortho intramolecular Hbond substituents is 1. The molecule has 2 aromatic rings. The van der Waals surface area contributed by atoms with Gasteiger partial charge in [-0.05, 0) is 30.7 Å². The summed E-state index contributed by atoms with van der Waals surface area (Å²) in [6.45, 7) is 1.02. The fraction of sp³-hybridized carbons (Fsp3) is 0.188. The Bertz CT molecular complexity index is 820. The first-order chi connectivity index (χ1) is 11.3. The van der Waals surface area contributed by atoms with Gasteiger partial charge in [0, 0.05) is 6.07 Å². The maximum atomic E-state index is 12.6. The minimum atomic E-state index is -4.31. The summed E-state index contributed by atoms with van der Waals surface area (Å²) < 4.78 is 30.8. The molecule has 2 rings (SSSR count). The Labute approximate surface area is 139 Å². The summed E-state index contributed by atoms with van der Waals surface area (Å²) in [5, 5.41) is 18.7. The van der Waals surface area contributed by atoms with E-state index in [4.69, 9.17) is 4.74 Å². The number of carbonyl (C=O) groups is 1. The molecule has 128 valence electrons. The van der Waals surface area contributed by atoms with E-state index in [-0.39, 0.29) is 23.8 Å². The molecule has 0 saturated heterocycles. The van der Waals surface area contributed by atoms with Crippen molar-refractivity contribution in [2.45, 2.75) is 11.8 Å². The lowest BCUT2D eigenvalue weighted by atomic mass is 10.2. The first-order valence-electron chi connectivity index (χ1n) is 7.05. The van der Waals surface area contributed by atoms with Gasteiger partial charge in [-0.3, -0.25) is 0 Å². The van der Waals surface area contributed by atoms with Gasteiger partial charge in [-0.25, -0.2) is 13.2 Å². The molecule has 0 heterocycles. The number of ether oxygens (including phenoxy) is 1. The topological polar surface area (TPSA) is 104 Å². The molecule has 24 heavy (non-hydrogen) atoms. The van der Waals surface area contributed by atoms with Crippen LogP contribution in [0.15, 0.2) is 53.4 Å². The highest BCUT2D eigenvalue weighted by molar-refractivity contribution is 7.89. The third-order valence-corrected chi connectivity index (χ3v) is 5.17. The number of rotatable bonds is 6. The van der Waals surface area contributed by atoms with Crippen molar-refractivity contribution < 1.29 is 28.2 Å². The highest BCUT2D eigenvalue weighted by atomic mass is 32.2. The molecule has 0 fully saturated rings. The molecule has 0 aliphatic heterocycles. The SMILES string of the molecule is Cc1ccc(O)cc1S(=O)(=O)N(CCOc1ccccc1)C(=O)O. The normalized spacial score (nSPS) is 11.0. The number of benzene rings is 2. The van der Waals surface area contributed by atoms with Gasteiger partial charge < -0.3 is 14.9 Å². The number of amides is 1. The Morgan fingerprint density at radius 1 is 1.17 bits per heavy atom. The van der Waals surface area contributed by atoms with Gasteiger partial charge in [0.25, 0.3) is 10.0 Å². The minimum Gasteiger partial charge on any atom is -0.508 e. The number of carboxylic acid groups (broad SMARTS) is 1. The summed E-state index contributed by atoms with van der Waals surface area (Å²) in [5.74, 6) is 0.249. The number of aromatic hydroxyl groups is 1. The van der Waals surface area contributed by atoms with Crippen LogP contribution in [0.25, 0.3) is 0 Å². The number of hydrogen-bond donors (Lipinski definition) is 2. The van der Waals surface area contributed by atoms with Gasteiger partial charge in [0.05, 0.1) is 11.4 Å². The Kier molecular flexibility index (Phi) is 5.30. The van der Waals surface area contributed by atoms with E-state index in [9.17, 15) is 23.4 Å². The lowest BCUT2D eigenvalue weighted by Gasteiger charge is -2.20. The average molecular weight is 351 g/mol. The summed E-state index contributed by atoms with van der Waals surface area (Å²) >= 11 is 0. The Balaban J connectivity index is 2.20. The standard InChI is InChI=1S/C16H17NO6S/c1-12-7-8-13(18)11-15(12)24(21,22)17(16(19)20)9-10-23-14-5-3-2-4-6-14/h2-8,11,18H,9-10H2,1H3,(H,19,20). The zero-order valence-corrected chi connectivity index (χ0v) is 13.7. The predicted octanol–water partition coefficient (Wildman–Crippen LogP) is 2.45. The van der Waals surface area contributed by atoms with E-state index < -0.39 is 16.1 Å². The van der Waals surface area contributed by atoms with E-state index in [1.807, 2.05) is 0 Å². The largest absolute Gasteiger partial charge is 0.508 e. The molecular weight excluding hydrogens is 334 g/mol. The summed E-state index contributed by atoms with van der Waals surface area (Å²) in [5.41, 5.74) is 0.336. The fourth-order valence-corrected chi connectivity index (χ4v) is 3.57. The van der Waals surface area contributed by atoms with Crippen LogP contribution in [-0.4, -0.2) is 42.2 Å². The second-order valence-electron chi connectivity index (χ2n) is 4.97. The van der Waals surface area contributed by atoms with Crippen LogP contribution in [0.1, 0.15) is 5.56 Å². The van der Waals surface area contributed by atoms with Crippen molar-refractivity contribution in [3.63, 3.8) is 0 Å². The summed E-state index contributed by atoms with van der Waals surface area (Å²) in [6.07, 6.45) is -1.62. The van der Waals surface area contributed by atoms with E-state index in [0.717, 1.165) is 6.07 Å². The number of aryl methyl sites for hydroxylation is 1. The molecule has 2 N–H and O–H groups in total. The number of nitrogens with zero attached hydrogens (tertiary/aromatic N) is 1. The monoisotopic (exact) mass is 351 g/mol. The molecule has 0 radical (unpaired) electrons. The van der Waals surface area contributed by atoms with E-state index >= 15 is 0 Å². The fourth-order valence-electron chi connectivity index (χ4n) is 2.07. The first-order valence-corrected chi connectivity index (χ1v) is 8.49. The van der Waals surface area contributed by atoms with Crippen molar-refractivity contribution in [1.29, 1.82) is 0 Å². The Morgan fingerprint density at radius 2 is 1.83 bits per heavy atom. The second-order valence-corrected chi connectivity index (χ2v) is 6.80. The molecular formula is C16H17NO6S. The first kappa shape index (κ1) is 17.6. The highest BCUT2D eigenvalue weighted by Crippen LogP contribution is 2.24. The molecule has 1 amide bonds. The average Bonchev–Trinajstić information content (AvgIpc) is 2.54. The molecule has 0 bridgehead atoms. The van der Waals surface area contributed by atoms with Crippen LogP contribution in [-0.2, 0) is 10.0 Å². The van der Waals surface area contributed by atoms with Gasteiger partial charge in [-0.1, -0.05) is 24.3 Å². The Morgan fingerprint density at radius 3 is 2.46 bits per heavy atom. The van der Waals surface area contributed by atoms with Crippen molar-refractivity contribution in [1.82, 2.24) is 4.31 Å². The van der Waals surface area contributed by atoms with E-state index in [0.29, 0.717) is 15.6 Å². The van der Waals surface area contributed by atoms with E-state index in [2.05, 4.69) is 0 Å². The van der Waals surface area contributed by atoms with E-state index in [1.165, 1.54) is 19.1 Å². The third kappa shape index (κ3) is 3.96. The maximum Gasteiger partial charge on any atom is 0.421 e. The van der Waals surface area contributed by atoms with Crippen molar-refractivity contribution in [2.24, 2.45) is 0 Å². The molecule has 0 atom stereocenters. The zero-order chi connectivity index (χ0) is 17.7. The lowest BCUT2D eigenvalue weighted by molar-refractivity contribution is 0.165. The van der Waals surface area contributed by atoms with Gasteiger partial charge in [-0.2, -0.15) is 4.31 Å². The van der Waals surface area contributed by atoms with E-state index in [1.54, 1.807) is 30.3 Å². The number of para-hydroxylation sites is 1. The van der Waals surface area contributed by atoms with Crippen molar-refractivity contribution >= 4 is 16.1 Å². The lowest BCUT2D eigenvalue weighted by Crippen LogP contribution is -2.39. The molecule has 0 aromatic heterocycles. The van der Waals surface area contributed by atoms with Crippen LogP contribution in [0, 0.1) is 6.92 Å². The van der Waals surface area contributed by atoms with Crippen LogP contribution in [0.4, 0.5) is 4.79 Å². The molecule has 0 aliphatic carbocycles. The molecule has 8 heteroatoms. The smallest absolute Gasteiger partial charge is 0.421 e. The van der Waals surface area contributed by atoms with Crippen molar-refractivity contribution in [3.05, 3.63) is 54.1 Å².